The van der Waals surface area contributed by atoms with E-state index in [-0.39, 0.29) is 0 Å². The van der Waals surface area contributed by atoms with Gasteiger partial charge in [0, 0.05) is 35.6 Å². The highest BCUT2D eigenvalue weighted by molar-refractivity contribution is 5.96. The Bertz CT molecular complexity index is 1620. The Kier molecular flexibility index (Phi) is 5.54. The minimum atomic E-state index is -0.413. The van der Waals surface area contributed by atoms with Gasteiger partial charge in [0.15, 0.2) is 0 Å². The van der Waals surface area contributed by atoms with Crippen LogP contribution in [0.25, 0.3) is 44.2 Å². The Morgan fingerprint density at radius 2 is 1.41 bits per heavy atom. The molecule has 2 heterocycles. The number of fused-ring (bicyclic) bond motifs is 2. The molecule has 3 aromatic carbocycles. The molecule has 0 unspecified atom stereocenters. The van der Waals surface area contributed by atoms with Gasteiger partial charge in [0.2, 0.25) is 0 Å². The van der Waals surface area contributed by atoms with E-state index < -0.39 is 11.3 Å². The first-order valence-corrected chi connectivity index (χ1v) is 11.4. The van der Waals surface area contributed by atoms with E-state index in [9.17, 15) is 9.59 Å². The number of hydrogen-bond acceptors (Lipinski definition) is 5. The number of rotatable bonds is 5. The smallest absolute Gasteiger partial charge is 0.344 e. The lowest BCUT2D eigenvalue weighted by atomic mass is 9.98. The molecule has 34 heavy (non-hydrogen) atoms. The Labute approximate surface area is 196 Å². The van der Waals surface area contributed by atoms with Crippen LogP contribution in [-0.4, -0.2) is 13.1 Å². The molecule has 5 nitrogen and oxygen atoms in total. The van der Waals surface area contributed by atoms with Crippen LogP contribution >= 0.6 is 0 Å². The molecule has 0 amide bonds. The topological polar surface area (TPSA) is 63.7 Å². The number of nitrogens with zero attached hydrogens (tertiary/aromatic N) is 1. The fraction of sp³-hybridized carbons (Fsp3) is 0.172. The maximum Gasteiger partial charge on any atom is 0.344 e. The average molecular weight is 452 g/mol. The van der Waals surface area contributed by atoms with Gasteiger partial charge in [0.25, 0.3) is 0 Å². The third-order valence-electron chi connectivity index (χ3n) is 6.25. The number of hydrogen-bond donors (Lipinski definition) is 0. The lowest BCUT2D eigenvalue weighted by molar-refractivity contribution is 0.561. The second-order valence-electron chi connectivity index (χ2n) is 8.40. The van der Waals surface area contributed by atoms with Crippen molar-refractivity contribution in [1.82, 2.24) is 0 Å². The number of anilines is 1. The lowest BCUT2D eigenvalue weighted by Crippen LogP contribution is -2.21. The van der Waals surface area contributed by atoms with Gasteiger partial charge in [-0.2, -0.15) is 0 Å². The van der Waals surface area contributed by atoms with E-state index in [1.165, 1.54) is 6.07 Å². The van der Waals surface area contributed by atoms with E-state index in [1.807, 2.05) is 49.4 Å². The van der Waals surface area contributed by atoms with Crippen molar-refractivity contribution in [2.45, 2.75) is 20.8 Å². The molecule has 0 N–H and O–H groups in total. The predicted molar refractivity (Wildman–Crippen MR) is 138 cm³/mol. The molecule has 5 heteroatoms. The summed E-state index contributed by atoms with van der Waals surface area (Å²) in [7, 11) is 0. The lowest BCUT2D eigenvalue weighted by Gasteiger charge is -2.21. The third kappa shape index (κ3) is 3.90. The van der Waals surface area contributed by atoms with Crippen LogP contribution in [0.3, 0.4) is 0 Å². The van der Waals surface area contributed by atoms with Gasteiger partial charge in [-0.3, -0.25) is 0 Å². The van der Waals surface area contributed by atoms with Gasteiger partial charge in [-0.25, -0.2) is 9.59 Å². The molecule has 0 aliphatic carbocycles. The van der Waals surface area contributed by atoms with Crippen LogP contribution in [0.4, 0.5) is 5.69 Å². The van der Waals surface area contributed by atoms with E-state index in [0.29, 0.717) is 22.3 Å². The largest absolute Gasteiger partial charge is 0.423 e. The zero-order valence-corrected chi connectivity index (χ0v) is 19.4. The Hall–Kier alpha value is -4.12. The van der Waals surface area contributed by atoms with E-state index in [2.05, 4.69) is 30.9 Å². The van der Waals surface area contributed by atoms with Gasteiger partial charge >= 0.3 is 11.3 Å². The summed E-state index contributed by atoms with van der Waals surface area (Å²) in [6.07, 6.45) is 0. The molecule has 170 valence electrons. The maximum atomic E-state index is 12.8. The van der Waals surface area contributed by atoms with Crippen LogP contribution in [0.1, 0.15) is 19.4 Å². The minimum Gasteiger partial charge on any atom is -0.423 e. The number of benzene rings is 3. The van der Waals surface area contributed by atoms with Crippen LogP contribution in [0.2, 0.25) is 0 Å². The standard InChI is InChI=1S/C29H25NO4/c1-4-30(5-2)22-10-7-19(8-11-22)23-17-28(31)33-27-13-9-20(15-25(23)27)24-16-21-14-18(3)6-12-26(21)34-29(24)32/h6-17H,4-5H2,1-3H3. The normalized spacial score (nSPS) is 11.3. The molecule has 0 atom stereocenters. The van der Waals surface area contributed by atoms with Crippen LogP contribution < -0.4 is 16.2 Å². The SMILES string of the molecule is CCN(CC)c1ccc(-c2cc(=O)oc3ccc(-c4cc5cc(C)ccc5oc4=O)cc23)cc1. The second kappa shape index (κ2) is 8.67. The maximum absolute atomic E-state index is 12.8. The van der Waals surface area contributed by atoms with Crippen molar-refractivity contribution in [2.24, 2.45) is 0 Å². The summed E-state index contributed by atoms with van der Waals surface area (Å²) in [5.74, 6) is 0. The van der Waals surface area contributed by atoms with Crippen LogP contribution in [-0.2, 0) is 0 Å². The summed E-state index contributed by atoms with van der Waals surface area (Å²) in [6.45, 7) is 8.09. The minimum absolute atomic E-state index is 0.404. The molecule has 5 aromatic rings. The summed E-state index contributed by atoms with van der Waals surface area (Å²) in [5.41, 5.74) is 5.27. The van der Waals surface area contributed by atoms with Gasteiger partial charge in [-0.1, -0.05) is 29.8 Å². The van der Waals surface area contributed by atoms with Gasteiger partial charge in [0.1, 0.15) is 11.2 Å². The van der Waals surface area contributed by atoms with E-state index in [4.69, 9.17) is 8.83 Å². The van der Waals surface area contributed by atoms with E-state index in [1.54, 1.807) is 12.1 Å². The molecular weight excluding hydrogens is 426 g/mol. The van der Waals surface area contributed by atoms with Crippen molar-refractivity contribution in [3.63, 3.8) is 0 Å². The summed E-state index contributed by atoms with van der Waals surface area (Å²) in [6, 6.07) is 22.6. The summed E-state index contributed by atoms with van der Waals surface area (Å²) < 4.78 is 11.0. The van der Waals surface area contributed by atoms with Crippen molar-refractivity contribution in [3.05, 3.63) is 99.2 Å². The van der Waals surface area contributed by atoms with Crippen LogP contribution in [0.15, 0.2) is 91.2 Å². The molecule has 0 aliphatic rings. The molecule has 0 saturated heterocycles. The van der Waals surface area contributed by atoms with E-state index in [0.717, 1.165) is 46.2 Å². The molecule has 5 rings (SSSR count). The predicted octanol–water partition coefficient (Wildman–Crippen LogP) is 6.39. The molecule has 0 aliphatic heterocycles. The second-order valence-corrected chi connectivity index (χ2v) is 8.40. The fourth-order valence-corrected chi connectivity index (χ4v) is 4.45. The summed E-state index contributed by atoms with van der Waals surface area (Å²) in [4.78, 5) is 27.3. The summed E-state index contributed by atoms with van der Waals surface area (Å²) in [5, 5.41) is 1.62. The van der Waals surface area contributed by atoms with Crippen molar-refractivity contribution in [3.8, 4) is 22.3 Å². The van der Waals surface area contributed by atoms with Gasteiger partial charge in [-0.15, -0.1) is 0 Å². The van der Waals surface area contributed by atoms with Crippen molar-refractivity contribution in [2.75, 3.05) is 18.0 Å². The van der Waals surface area contributed by atoms with E-state index >= 15 is 0 Å². The molecule has 0 saturated carbocycles. The van der Waals surface area contributed by atoms with Crippen molar-refractivity contribution in [1.29, 1.82) is 0 Å². The summed E-state index contributed by atoms with van der Waals surface area (Å²) >= 11 is 0. The zero-order valence-electron chi connectivity index (χ0n) is 19.4. The first-order valence-electron chi connectivity index (χ1n) is 11.4. The van der Waals surface area contributed by atoms with Gasteiger partial charge in [-0.05, 0) is 79.9 Å². The third-order valence-corrected chi connectivity index (χ3v) is 6.25. The Morgan fingerprint density at radius 1 is 0.706 bits per heavy atom. The molecular formula is C29H25NO4. The van der Waals surface area contributed by atoms with Gasteiger partial charge in [0.05, 0.1) is 5.56 Å². The molecule has 0 fully saturated rings. The highest BCUT2D eigenvalue weighted by Gasteiger charge is 2.13. The van der Waals surface area contributed by atoms with Gasteiger partial charge < -0.3 is 13.7 Å². The highest BCUT2D eigenvalue weighted by Crippen LogP contribution is 2.32. The highest BCUT2D eigenvalue weighted by atomic mass is 16.4. The quantitative estimate of drug-likeness (QED) is 0.290. The fourth-order valence-electron chi connectivity index (χ4n) is 4.45. The molecule has 0 radical (unpaired) electrons. The first-order chi connectivity index (χ1) is 16.5. The van der Waals surface area contributed by atoms with Crippen LogP contribution in [0.5, 0.6) is 0 Å². The zero-order chi connectivity index (χ0) is 23.8. The van der Waals surface area contributed by atoms with Crippen molar-refractivity contribution < 1.29 is 8.83 Å². The molecule has 2 aromatic heterocycles. The Morgan fingerprint density at radius 3 is 2.15 bits per heavy atom. The monoisotopic (exact) mass is 451 g/mol. The Balaban J connectivity index is 1.67. The molecule has 0 bridgehead atoms. The molecule has 0 spiro atoms. The first kappa shape index (κ1) is 21.7. The van der Waals surface area contributed by atoms with Crippen LogP contribution in [0, 0.1) is 6.92 Å². The average Bonchev–Trinajstić information content (AvgIpc) is 2.84. The van der Waals surface area contributed by atoms with Crippen molar-refractivity contribution >= 4 is 27.6 Å². The number of aryl methyl sites for hydroxylation is 1.